The highest BCUT2D eigenvalue weighted by molar-refractivity contribution is 7.89. The molecule has 3 rings (SSSR count). The quantitative estimate of drug-likeness (QED) is 0.776. The summed E-state index contributed by atoms with van der Waals surface area (Å²) < 4.78 is 38.1. The van der Waals surface area contributed by atoms with Gasteiger partial charge < -0.3 is 14.4 Å². The standard InChI is InChI=1S/C19H24N2O4S/c1-3-25-16-8-10-17(11-9-16)26(22,23)21-14-12-20(13-15-21)18-6-4-5-7-19(18)24-2/h4-11H,3,12-15H2,1-2H3. The number of benzene rings is 2. The summed E-state index contributed by atoms with van der Waals surface area (Å²) in [5, 5.41) is 0. The van der Waals surface area contributed by atoms with E-state index in [2.05, 4.69) is 4.90 Å². The number of rotatable bonds is 6. The second-order valence-corrected chi connectivity index (χ2v) is 7.91. The molecule has 0 amide bonds. The van der Waals surface area contributed by atoms with E-state index in [1.54, 1.807) is 31.4 Å². The SMILES string of the molecule is CCOc1ccc(S(=O)(=O)N2CCN(c3ccccc3OC)CC2)cc1. The zero-order valence-corrected chi connectivity index (χ0v) is 15.9. The zero-order valence-electron chi connectivity index (χ0n) is 15.1. The fourth-order valence-electron chi connectivity index (χ4n) is 3.08. The van der Waals surface area contributed by atoms with Crippen LogP contribution in [0.25, 0.3) is 0 Å². The number of piperazine rings is 1. The van der Waals surface area contributed by atoms with E-state index in [9.17, 15) is 8.42 Å². The maximum absolute atomic E-state index is 12.9. The average Bonchev–Trinajstić information content (AvgIpc) is 2.69. The van der Waals surface area contributed by atoms with Crippen molar-refractivity contribution in [2.45, 2.75) is 11.8 Å². The summed E-state index contributed by atoms with van der Waals surface area (Å²) in [5.41, 5.74) is 0.994. The third kappa shape index (κ3) is 3.78. The minimum atomic E-state index is -3.50. The van der Waals surface area contributed by atoms with Crippen LogP contribution in [0, 0.1) is 0 Å². The normalized spacial score (nSPS) is 15.7. The zero-order chi connectivity index (χ0) is 18.6. The minimum absolute atomic E-state index is 0.298. The Hall–Kier alpha value is -2.25. The Morgan fingerprint density at radius 3 is 2.23 bits per heavy atom. The van der Waals surface area contributed by atoms with Gasteiger partial charge in [-0.25, -0.2) is 8.42 Å². The first-order valence-electron chi connectivity index (χ1n) is 8.67. The van der Waals surface area contributed by atoms with Gasteiger partial charge in [-0.2, -0.15) is 4.31 Å². The van der Waals surface area contributed by atoms with Gasteiger partial charge >= 0.3 is 0 Å². The molecule has 26 heavy (non-hydrogen) atoms. The second-order valence-electron chi connectivity index (χ2n) is 5.97. The molecule has 2 aromatic carbocycles. The molecule has 0 saturated carbocycles. The maximum Gasteiger partial charge on any atom is 0.243 e. The molecule has 1 fully saturated rings. The van der Waals surface area contributed by atoms with E-state index in [0.29, 0.717) is 43.4 Å². The Morgan fingerprint density at radius 2 is 1.62 bits per heavy atom. The number of hydrogen-bond donors (Lipinski definition) is 0. The molecule has 6 nitrogen and oxygen atoms in total. The van der Waals surface area contributed by atoms with Crippen LogP contribution in [0.4, 0.5) is 5.69 Å². The summed E-state index contributed by atoms with van der Waals surface area (Å²) in [4.78, 5) is 2.45. The lowest BCUT2D eigenvalue weighted by atomic mass is 10.2. The van der Waals surface area contributed by atoms with E-state index < -0.39 is 10.0 Å². The van der Waals surface area contributed by atoms with Crippen LogP contribution in [-0.4, -0.2) is 52.6 Å². The predicted molar refractivity (Wildman–Crippen MR) is 102 cm³/mol. The Balaban J connectivity index is 1.70. The summed E-state index contributed by atoms with van der Waals surface area (Å²) in [6.45, 7) is 4.57. The van der Waals surface area contributed by atoms with E-state index >= 15 is 0 Å². The van der Waals surface area contributed by atoms with Crippen LogP contribution < -0.4 is 14.4 Å². The van der Waals surface area contributed by atoms with Gasteiger partial charge in [0.05, 0.1) is 24.3 Å². The maximum atomic E-state index is 12.9. The lowest BCUT2D eigenvalue weighted by molar-refractivity contribution is 0.340. The first kappa shape index (κ1) is 18.5. The van der Waals surface area contributed by atoms with Gasteiger partial charge in [0.15, 0.2) is 0 Å². The average molecular weight is 376 g/mol. The fourth-order valence-corrected chi connectivity index (χ4v) is 4.51. The summed E-state index contributed by atoms with van der Waals surface area (Å²) in [6, 6.07) is 14.4. The van der Waals surface area contributed by atoms with Crippen LogP contribution in [0.15, 0.2) is 53.4 Å². The molecule has 0 spiro atoms. The molecule has 140 valence electrons. The number of ether oxygens (including phenoxy) is 2. The number of methoxy groups -OCH3 is 1. The van der Waals surface area contributed by atoms with Crippen LogP contribution >= 0.6 is 0 Å². The van der Waals surface area contributed by atoms with Crippen LogP contribution in [0.1, 0.15) is 6.92 Å². The molecule has 0 aliphatic carbocycles. The first-order valence-corrected chi connectivity index (χ1v) is 10.1. The summed E-state index contributed by atoms with van der Waals surface area (Å²) in [5.74, 6) is 1.47. The van der Waals surface area contributed by atoms with E-state index in [1.807, 2.05) is 31.2 Å². The Labute approximate surface area is 155 Å². The largest absolute Gasteiger partial charge is 0.495 e. The third-order valence-electron chi connectivity index (χ3n) is 4.44. The van der Waals surface area contributed by atoms with Gasteiger partial charge in [0, 0.05) is 26.2 Å². The Kier molecular flexibility index (Phi) is 5.68. The van der Waals surface area contributed by atoms with Crippen LogP contribution in [0.3, 0.4) is 0 Å². The molecule has 0 radical (unpaired) electrons. The molecule has 0 unspecified atom stereocenters. The molecular weight excluding hydrogens is 352 g/mol. The lowest BCUT2D eigenvalue weighted by Gasteiger charge is -2.35. The number of anilines is 1. The summed E-state index contributed by atoms with van der Waals surface area (Å²) in [7, 11) is -1.85. The minimum Gasteiger partial charge on any atom is -0.495 e. The molecule has 1 aliphatic rings. The highest BCUT2D eigenvalue weighted by atomic mass is 32.2. The molecule has 1 saturated heterocycles. The molecular formula is C19H24N2O4S. The van der Waals surface area contributed by atoms with Gasteiger partial charge in [-0.15, -0.1) is 0 Å². The van der Waals surface area contributed by atoms with Gasteiger partial charge in [0.1, 0.15) is 11.5 Å². The molecule has 2 aromatic rings. The monoisotopic (exact) mass is 376 g/mol. The lowest BCUT2D eigenvalue weighted by Crippen LogP contribution is -2.48. The van der Waals surface area contributed by atoms with Crippen molar-refractivity contribution in [1.29, 1.82) is 0 Å². The van der Waals surface area contributed by atoms with Crippen molar-refractivity contribution < 1.29 is 17.9 Å². The van der Waals surface area contributed by atoms with Gasteiger partial charge in [-0.1, -0.05) is 12.1 Å². The molecule has 0 bridgehead atoms. The second kappa shape index (κ2) is 7.97. The van der Waals surface area contributed by atoms with Crippen molar-refractivity contribution in [1.82, 2.24) is 4.31 Å². The molecule has 0 atom stereocenters. The van der Waals surface area contributed by atoms with Crippen molar-refractivity contribution in [2.24, 2.45) is 0 Å². The van der Waals surface area contributed by atoms with Gasteiger partial charge in [-0.3, -0.25) is 0 Å². The van der Waals surface area contributed by atoms with Crippen molar-refractivity contribution in [2.75, 3.05) is 44.8 Å². The predicted octanol–water partition coefficient (Wildman–Crippen LogP) is 2.60. The van der Waals surface area contributed by atoms with Gasteiger partial charge in [0.2, 0.25) is 10.0 Å². The third-order valence-corrected chi connectivity index (χ3v) is 6.35. The summed E-state index contributed by atoms with van der Waals surface area (Å²) in [6.07, 6.45) is 0. The van der Waals surface area contributed by atoms with E-state index in [0.717, 1.165) is 11.4 Å². The highest BCUT2D eigenvalue weighted by Crippen LogP contribution is 2.29. The van der Waals surface area contributed by atoms with E-state index in [-0.39, 0.29) is 0 Å². The topological polar surface area (TPSA) is 59.1 Å². The highest BCUT2D eigenvalue weighted by Gasteiger charge is 2.29. The smallest absolute Gasteiger partial charge is 0.243 e. The first-order chi connectivity index (χ1) is 12.6. The van der Waals surface area contributed by atoms with Gasteiger partial charge in [0.25, 0.3) is 0 Å². The van der Waals surface area contributed by atoms with Crippen molar-refractivity contribution in [3.8, 4) is 11.5 Å². The number of hydrogen-bond acceptors (Lipinski definition) is 5. The van der Waals surface area contributed by atoms with Crippen LogP contribution in [0.5, 0.6) is 11.5 Å². The van der Waals surface area contributed by atoms with Crippen molar-refractivity contribution >= 4 is 15.7 Å². The fraction of sp³-hybridized carbons (Fsp3) is 0.368. The Bertz CT molecular complexity index is 829. The molecule has 0 aromatic heterocycles. The van der Waals surface area contributed by atoms with Gasteiger partial charge in [-0.05, 0) is 43.3 Å². The van der Waals surface area contributed by atoms with Crippen LogP contribution in [-0.2, 0) is 10.0 Å². The summed E-state index contributed by atoms with van der Waals surface area (Å²) >= 11 is 0. The number of sulfonamides is 1. The molecule has 1 heterocycles. The van der Waals surface area contributed by atoms with Crippen molar-refractivity contribution in [3.63, 3.8) is 0 Å². The molecule has 7 heteroatoms. The van der Waals surface area contributed by atoms with E-state index in [4.69, 9.17) is 9.47 Å². The molecule has 0 N–H and O–H groups in total. The van der Waals surface area contributed by atoms with Crippen molar-refractivity contribution in [3.05, 3.63) is 48.5 Å². The number of nitrogens with zero attached hydrogens (tertiary/aromatic N) is 2. The Morgan fingerprint density at radius 1 is 0.962 bits per heavy atom. The van der Waals surface area contributed by atoms with Crippen LogP contribution in [0.2, 0.25) is 0 Å². The van der Waals surface area contributed by atoms with E-state index in [1.165, 1.54) is 4.31 Å². The number of para-hydroxylation sites is 2. The molecule has 1 aliphatic heterocycles.